The lowest BCUT2D eigenvalue weighted by atomic mass is 10.0. The normalized spacial score (nSPS) is 13.9. The summed E-state index contributed by atoms with van der Waals surface area (Å²) in [5.74, 6) is 1.53. The molecule has 4 nitrogen and oxygen atoms in total. The van der Waals surface area contributed by atoms with E-state index in [2.05, 4.69) is 0 Å². The maximum absolute atomic E-state index is 9.00. The van der Waals surface area contributed by atoms with Gasteiger partial charge in [-0.25, -0.2) is 0 Å². The topological polar surface area (TPSA) is 47.9 Å². The van der Waals surface area contributed by atoms with Crippen molar-refractivity contribution in [2.45, 2.75) is 13.0 Å². The molecular formula is C12H16O4. The van der Waals surface area contributed by atoms with Gasteiger partial charge in [-0.05, 0) is 18.1 Å². The molecule has 0 amide bonds. The Balaban J connectivity index is 2.39. The monoisotopic (exact) mass is 224 g/mol. The summed E-state index contributed by atoms with van der Waals surface area (Å²) < 4.78 is 16.3. The van der Waals surface area contributed by atoms with Crippen molar-refractivity contribution >= 4 is 0 Å². The van der Waals surface area contributed by atoms with Gasteiger partial charge in [0.25, 0.3) is 0 Å². The van der Waals surface area contributed by atoms with E-state index < -0.39 is 0 Å². The molecule has 1 aliphatic rings. The third kappa shape index (κ3) is 2.13. The Labute approximate surface area is 94.8 Å². The zero-order valence-electron chi connectivity index (χ0n) is 9.36. The maximum Gasteiger partial charge on any atom is 0.167 e. The van der Waals surface area contributed by atoms with Crippen LogP contribution in [0.1, 0.15) is 11.1 Å². The lowest BCUT2D eigenvalue weighted by molar-refractivity contribution is 0.152. The number of rotatable bonds is 4. The Morgan fingerprint density at radius 3 is 2.88 bits per heavy atom. The summed E-state index contributed by atoms with van der Waals surface area (Å²) in [5, 5.41) is 9.00. The smallest absolute Gasteiger partial charge is 0.167 e. The molecule has 88 valence electrons. The number of ether oxygens (including phenoxy) is 3. The van der Waals surface area contributed by atoms with Gasteiger partial charge in [-0.2, -0.15) is 0 Å². The molecule has 0 aliphatic carbocycles. The van der Waals surface area contributed by atoms with Gasteiger partial charge in [0.2, 0.25) is 0 Å². The molecule has 0 saturated carbocycles. The number of fused-ring (bicyclic) bond motifs is 1. The summed E-state index contributed by atoms with van der Waals surface area (Å²) in [4.78, 5) is 0. The number of hydrogen-bond donors (Lipinski definition) is 1. The van der Waals surface area contributed by atoms with Gasteiger partial charge < -0.3 is 19.3 Å². The molecule has 0 aromatic heterocycles. The number of aliphatic hydroxyl groups excluding tert-OH is 1. The van der Waals surface area contributed by atoms with Crippen molar-refractivity contribution in [3.63, 3.8) is 0 Å². The fraction of sp³-hybridized carbons (Fsp3) is 0.500. The molecule has 16 heavy (non-hydrogen) atoms. The summed E-state index contributed by atoms with van der Waals surface area (Å²) in [7, 11) is 1.64. The molecule has 0 atom stereocenters. The zero-order valence-corrected chi connectivity index (χ0v) is 9.36. The minimum Gasteiger partial charge on any atom is -0.486 e. The molecule has 1 aliphatic heterocycles. The molecule has 1 aromatic carbocycles. The maximum atomic E-state index is 9.00. The van der Waals surface area contributed by atoms with E-state index in [9.17, 15) is 0 Å². The molecule has 0 spiro atoms. The SMILES string of the molecule is COCc1c(CCO)ccc2c1OCCO2. The van der Waals surface area contributed by atoms with Crippen LogP contribution in [0.3, 0.4) is 0 Å². The van der Waals surface area contributed by atoms with Crippen LogP contribution in [0.4, 0.5) is 0 Å². The van der Waals surface area contributed by atoms with E-state index in [0.717, 1.165) is 22.6 Å². The fourth-order valence-electron chi connectivity index (χ4n) is 1.87. The minimum absolute atomic E-state index is 0.121. The van der Waals surface area contributed by atoms with Gasteiger partial charge in [-0.1, -0.05) is 6.07 Å². The molecular weight excluding hydrogens is 208 g/mol. The van der Waals surface area contributed by atoms with Gasteiger partial charge in [0.05, 0.1) is 6.61 Å². The van der Waals surface area contributed by atoms with E-state index in [0.29, 0.717) is 26.2 Å². The lowest BCUT2D eigenvalue weighted by Crippen LogP contribution is -2.17. The van der Waals surface area contributed by atoms with Gasteiger partial charge in [-0.15, -0.1) is 0 Å². The average molecular weight is 224 g/mol. The Bertz CT molecular complexity index is 362. The third-order valence-electron chi connectivity index (χ3n) is 2.58. The highest BCUT2D eigenvalue weighted by Gasteiger charge is 2.18. The molecule has 1 aromatic rings. The number of benzene rings is 1. The molecule has 0 saturated heterocycles. The molecule has 0 unspecified atom stereocenters. The van der Waals surface area contributed by atoms with E-state index in [1.54, 1.807) is 7.11 Å². The first-order chi connectivity index (χ1) is 7.86. The van der Waals surface area contributed by atoms with Crippen LogP contribution < -0.4 is 9.47 Å². The quantitative estimate of drug-likeness (QED) is 0.833. The van der Waals surface area contributed by atoms with Crippen molar-refractivity contribution in [2.75, 3.05) is 26.9 Å². The van der Waals surface area contributed by atoms with Crippen molar-refractivity contribution in [1.29, 1.82) is 0 Å². The Hall–Kier alpha value is -1.26. The summed E-state index contributed by atoms with van der Waals surface area (Å²) in [5.41, 5.74) is 2.03. The van der Waals surface area contributed by atoms with Crippen LogP contribution in [-0.2, 0) is 17.8 Å². The Morgan fingerprint density at radius 1 is 1.31 bits per heavy atom. The second-order valence-corrected chi connectivity index (χ2v) is 3.63. The van der Waals surface area contributed by atoms with Crippen molar-refractivity contribution in [1.82, 2.24) is 0 Å². The summed E-state index contributed by atoms with van der Waals surface area (Å²) in [6, 6.07) is 3.84. The molecule has 2 rings (SSSR count). The van der Waals surface area contributed by atoms with Crippen LogP contribution in [0, 0.1) is 0 Å². The molecule has 1 heterocycles. The average Bonchev–Trinajstić information content (AvgIpc) is 2.32. The predicted molar refractivity (Wildman–Crippen MR) is 58.9 cm³/mol. The zero-order chi connectivity index (χ0) is 11.4. The highest BCUT2D eigenvalue weighted by molar-refractivity contribution is 5.51. The Morgan fingerprint density at radius 2 is 2.12 bits per heavy atom. The lowest BCUT2D eigenvalue weighted by Gasteiger charge is -2.22. The van der Waals surface area contributed by atoms with Gasteiger partial charge >= 0.3 is 0 Å². The van der Waals surface area contributed by atoms with Crippen LogP contribution >= 0.6 is 0 Å². The highest BCUT2D eigenvalue weighted by Crippen LogP contribution is 2.36. The van der Waals surface area contributed by atoms with Crippen LogP contribution in [0.2, 0.25) is 0 Å². The summed E-state index contributed by atoms with van der Waals surface area (Å²) >= 11 is 0. The largest absolute Gasteiger partial charge is 0.486 e. The minimum atomic E-state index is 0.121. The molecule has 4 heteroatoms. The van der Waals surface area contributed by atoms with Crippen molar-refractivity contribution < 1.29 is 19.3 Å². The first-order valence-corrected chi connectivity index (χ1v) is 5.37. The first kappa shape index (κ1) is 11.2. The number of hydrogen-bond acceptors (Lipinski definition) is 4. The standard InChI is InChI=1S/C12H16O4/c1-14-8-10-9(4-5-13)2-3-11-12(10)16-7-6-15-11/h2-3,13H,4-8H2,1H3. The van der Waals surface area contributed by atoms with Crippen molar-refractivity contribution in [2.24, 2.45) is 0 Å². The second kappa shape index (κ2) is 5.18. The van der Waals surface area contributed by atoms with Crippen molar-refractivity contribution in [3.8, 4) is 11.5 Å². The van der Waals surface area contributed by atoms with Gasteiger partial charge in [-0.3, -0.25) is 0 Å². The molecule has 0 bridgehead atoms. The van der Waals surface area contributed by atoms with Crippen LogP contribution in [0.5, 0.6) is 11.5 Å². The van der Waals surface area contributed by atoms with E-state index >= 15 is 0 Å². The number of aliphatic hydroxyl groups is 1. The predicted octanol–water partition coefficient (Wildman–Crippen LogP) is 1.14. The number of methoxy groups -OCH3 is 1. The Kier molecular flexibility index (Phi) is 3.64. The molecule has 0 fully saturated rings. The summed E-state index contributed by atoms with van der Waals surface area (Å²) in [6.45, 7) is 1.74. The third-order valence-corrected chi connectivity index (χ3v) is 2.58. The van der Waals surface area contributed by atoms with Crippen LogP contribution in [0.25, 0.3) is 0 Å². The van der Waals surface area contributed by atoms with E-state index in [1.807, 2.05) is 12.1 Å². The highest BCUT2D eigenvalue weighted by atomic mass is 16.6. The fourth-order valence-corrected chi connectivity index (χ4v) is 1.87. The van der Waals surface area contributed by atoms with E-state index in [4.69, 9.17) is 19.3 Å². The van der Waals surface area contributed by atoms with Crippen LogP contribution in [0.15, 0.2) is 12.1 Å². The second-order valence-electron chi connectivity index (χ2n) is 3.63. The van der Waals surface area contributed by atoms with Crippen LogP contribution in [-0.4, -0.2) is 32.0 Å². The van der Waals surface area contributed by atoms with Crippen molar-refractivity contribution in [3.05, 3.63) is 23.3 Å². The van der Waals surface area contributed by atoms with E-state index in [-0.39, 0.29) is 6.61 Å². The van der Waals surface area contributed by atoms with Gasteiger partial charge in [0.15, 0.2) is 11.5 Å². The van der Waals surface area contributed by atoms with Gasteiger partial charge in [0.1, 0.15) is 13.2 Å². The van der Waals surface area contributed by atoms with Gasteiger partial charge in [0, 0.05) is 19.3 Å². The first-order valence-electron chi connectivity index (χ1n) is 5.37. The summed E-state index contributed by atoms with van der Waals surface area (Å²) in [6.07, 6.45) is 0.606. The molecule has 1 N–H and O–H groups in total. The van der Waals surface area contributed by atoms with E-state index in [1.165, 1.54) is 0 Å². The molecule has 0 radical (unpaired) electrons.